The number of rotatable bonds is 6. The van der Waals surface area contributed by atoms with Gasteiger partial charge in [-0.15, -0.1) is 0 Å². The largest absolute Gasteiger partial charge is 0.495 e. The lowest BCUT2D eigenvalue weighted by molar-refractivity contribution is -0.116. The summed E-state index contributed by atoms with van der Waals surface area (Å²) >= 11 is 6.13. The predicted octanol–water partition coefficient (Wildman–Crippen LogP) is 4.55. The SMILES string of the molecule is COc1ccc(NC(=O)CCc2c(C)n(C)c3cc(-c4ccccc4C)nn3c2=O)cc1Cl. The molecule has 0 aliphatic carbocycles. The number of aryl methyl sites for hydroxylation is 2. The Morgan fingerprint density at radius 1 is 1.15 bits per heavy atom. The van der Waals surface area contributed by atoms with Crippen molar-refractivity contribution in [1.82, 2.24) is 14.2 Å². The number of anilines is 1. The van der Waals surface area contributed by atoms with Gasteiger partial charge in [0, 0.05) is 42.0 Å². The van der Waals surface area contributed by atoms with Crippen LogP contribution in [0.2, 0.25) is 5.02 Å². The van der Waals surface area contributed by atoms with E-state index in [1.165, 1.54) is 11.6 Å². The Bertz CT molecular complexity index is 1420. The molecule has 0 spiro atoms. The summed E-state index contributed by atoms with van der Waals surface area (Å²) in [5.74, 6) is 0.324. The zero-order chi connectivity index (χ0) is 23.7. The number of halogens is 1. The molecule has 33 heavy (non-hydrogen) atoms. The molecule has 1 amide bonds. The first-order valence-electron chi connectivity index (χ1n) is 10.6. The normalized spacial score (nSPS) is 11.1. The van der Waals surface area contributed by atoms with Gasteiger partial charge >= 0.3 is 0 Å². The Hall–Kier alpha value is -3.58. The summed E-state index contributed by atoms with van der Waals surface area (Å²) in [5.41, 5.74) is 5.25. The molecule has 8 heteroatoms. The Morgan fingerprint density at radius 2 is 1.91 bits per heavy atom. The summed E-state index contributed by atoms with van der Waals surface area (Å²) < 4.78 is 8.49. The quantitative estimate of drug-likeness (QED) is 0.454. The van der Waals surface area contributed by atoms with E-state index in [4.69, 9.17) is 16.3 Å². The van der Waals surface area contributed by atoms with Crippen LogP contribution < -0.4 is 15.6 Å². The van der Waals surface area contributed by atoms with Crippen LogP contribution in [0, 0.1) is 13.8 Å². The topological polar surface area (TPSA) is 77.6 Å². The van der Waals surface area contributed by atoms with E-state index in [1.807, 2.05) is 55.8 Å². The number of fused-ring (bicyclic) bond motifs is 1. The van der Waals surface area contributed by atoms with Crippen molar-refractivity contribution >= 4 is 28.8 Å². The van der Waals surface area contributed by atoms with Crippen LogP contribution in [0.25, 0.3) is 16.9 Å². The maximum absolute atomic E-state index is 13.2. The van der Waals surface area contributed by atoms with Gasteiger partial charge < -0.3 is 14.6 Å². The second-order valence-corrected chi connectivity index (χ2v) is 8.35. The van der Waals surface area contributed by atoms with Crippen molar-refractivity contribution in [3.63, 3.8) is 0 Å². The minimum absolute atomic E-state index is 0.150. The summed E-state index contributed by atoms with van der Waals surface area (Å²) in [6.45, 7) is 3.90. The van der Waals surface area contributed by atoms with Gasteiger partial charge in [-0.25, -0.2) is 0 Å². The zero-order valence-corrected chi connectivity index (χ0v) is 19.7. The summed E-state index contributed by atoms with van der Waals surface area (Å²) in [4.78, 5) is 25.8. The third-order valence-corrected chi connectivity index (χ3v) is 6.18. The molecule has 0 unspecified atom stereocenters. The lowest BCUT2D eigenvalue weighted by Gasteiger charge is -2.12. The second kappa shape index (κ2) is 9.11. The maximum atomic E-state index is 13.2. The monoisotopic (exact) mass is 464 g/mol. The van der Waals surface area contributed by atoms with Gasteiger partial charge in [-0.05, 0) is 44.0 Å². The fourth-order valence-corrected chi connectivity index (χ4v) is 4.16. The highest BCUT2D eigenvalue weighted by Crippen LogP contribution is 2.27. The Balaban J connectivity index is 1.59. The minimum Gasteiger partial charge on any atom is -0.495 e. The molecule has 0 radical (unpaired) electrons. The van der Waals surface area contributed by atoms with Gasteiger partial charge in [-0.1, -0.05) is 35.9 Å². The lowest BCUT2D eigenvalue weighted by Crippen LogP contribution is -2.26. The molecule has 0 saturated carbocycles. The molecule has 0 aliphatic heterocycles. The number of ether oxygens (including phenoxy) is 1. The van der Waals surface area contributed by atoms with Crippen LogP contribution in [-0.2, 0) is 18.3 Å². The number of carbonyl (C=O) groups excluding carboxylic acids is 1. The first kappa shape index (κ1) is 22.6. The number of hydrogen-bond donors (Lipinski definition) is 1. The van der Waals surface area contributed by atoms with E-state index in [2.05, 4.69) is 10.4 Å². The molecule has 4 aromatic rings. The molecule has 0 bridgehead atoms. The highest BCUT2D eigenvalue weighted by Gasteiger charge is 2.17. The van der Waals surface area contributed by atoms with E-state index in [-0.39, 0.29) is 17.9 Å². The van der Waals surface area contributed by atoms with E-state index >= 15 is 0 Å². The Labute approximate surface area is 196 Å². The van der Waals surface area contributed by atoms with Crippen molar-refractivity contribution in [2.24, 2.45) is 7.05 Å². The van der Waals surface area contributed by atoms with Crippen molar-refractivity contribution in [1.29, 1.82) is 0 Å². The fourth-order valence-electron chi connectivity index (χ4n) is 3.90. The van der Waals surface area contributed by atoms with Crippen LogP contribution in [0.3, 0.4) is 0 Å². The van der Waals surface area contributed by atoms with Crippen LogP contribution in [0.15, 0.2) is 53.3 Å². The summed E-state index contributed by atoms with van der Waals surface area (Å²) in [7, 11) is 3.43. The third kappa shape index (κ3) is 4.36. The summed E-state index contributed by atoms with van der Waals surface area (Å²) in [6, 6.07) is 14.9. The number of nitrogens with one attached hydrogen (secondary N) is 1. The van der Waals surface area contributed by atoms with Crippen molar-refractivity contribution in [2.75, 3.05) is 12.4 Å². The number of carbonyl (C=O) groups is 1. The average molecular weight is 465 g/mol. The number of aromatic nitrogens is 3. The molecular formula is C25H25ClN4O3. The molecule has 0 atom stereocenters. The molecule has 0 fully saturated rings. The van der Waals surface area contributed by atoms with Crippen LogP contribution in [0.4, 0.5) is 5.69 Å². The van der Waals surface area contributed by atoms with E-state index < -0.39 is 0 Å². The van der Waals surface area contributed by atoms with E-state index in [0.29, 0.717) is 34.1 Å². The average Bonchev–Trinajstić information content (AvgIpc) is 3.24. The first-order chi connectivity index (χ1) is 15.8. The van der Waals surface area contributed by atoms with Gasteiger partial charge in [0.2, 0.25) is 5.91 Å². The highest BCUT2D eigenvalue weighted by molar-refractivity contribution is 6.32. The van der Waals surface area contributed by atoms with Gasteiger partial charge in [0.25, 0.3) is 5.56 Å². The fraction of sp³-hybridized carbons (Fsp3) is 0.240. The van der Waals surface area contributed by atoms with E-state index in [9.17, 15) is 9.59 Å². The standard InChI is InChI=1S/C25H25ClN4O3/c1-15-7-5-6-8-18(15)21-14-24-29(3)16(2)19(25(32)30(24)28-21)10-12-23(31)27-17-9-11-22(33-4)20(26)13-17/h5-9,11,13-14H,10,12H2,1-4H3,(H,27,31). The van der Waals surface area contributed by atoms with Crippen LogP contribution in [-0.4, -0.2) is 27.2 Å². The Kier molecular flexibility index (Phi) is 6.24. The van der Waals surface area contributed by atoms with Crippen molar-refractivity contribution in [3.8, 4) is 17.0 Å². The van der Waals surface area contributed by atoms with E-state index in [0.717, 1.165) is 22.5 Å². The van der Waals surface area contributed by atoms with Gasteiger partial charge in [0.1, 0.15) is 11.4 Å². The number of methoxy groups -OCH3 is 1. The van der Waals surface area contributed by atoms with Crippen LogP contribution in [0.5, 0.6) is 5.75 Å². The van der Waals surface area contributed by atoms with Crippen molar-refractivity contribution in [3.05, 3.63) is 80.7 Å². The molecule has 170 valence electrons. The van der Waals surface area contributed by atoms with E-state index in [1.54, 1.807) is 18.2 Å². The molecule has 1 N–H and O–H groups in total. The molecule has 4 rings (SSSR count). The smallest absolute Gasteiger partial charge is 0.277 e. The second-order valence-electron chi connectivity index (χ2n) is 7.94. The van der Waals surface area contributed by atoms with Gasteiger partial charge in [0.15, 0.2) is 0 Å². The predicted molar refractivity (Wildman–Crippen MR) is 130 cm³/mol. The van der Waals surface area contributed by atoms with Crippen LogP contribution in [0.1, 0.15) is 23.2 Å². The molecule has 2 aromatic heterocycles. The molecule has 2 aromatic carbocycles. The highest BCUT2D eigenvalue weighted by atomic mass is 35.5. The molecule has 7 nitrogen and oxygen atoms in total. The molecule has 2 heterocycles. The van der Waals surface area contributed by atoms with Gasteiger partial charge in [-0.3, -0.25) is 9.59 Å². The number of hydrogen-bond acceptors (Lipinski definition) is 4. The zero-order valence-electron chi connectivity index (χ0n) is 19.0. The first-order valence-corrected chi connectivity index (χ1v) is 11.0. The summed E-state index contributed by atoms with van der Waals surface area (Å²) in [5, 5.41) is 7.81. The van der Waals surface area contributed by atoms with Gasteiger partial charge in [0.05, 0.1) is 17.8 Å². The third-order valence-electron chi connectivity index (χ3n) is 5.88. The Morgan fingerprint density at radius 3 is 2.61 bits per heavy atom. The molecular weight excluding hydrogens is 440 g/mol. The molecule has 0 saturated heterocycles. The van der Waals surface area contributed by atoms with Crippen LogP contribution >= 0.6 is 11.6 Å². The van der Waals surface area contributed by atoms with Crippen molar-refractivity contribution < 1.29 is 9.53 Å². The lowest BCUT2D eigenvalue weighted by atomic mass is 10.1. The van der Waals surface area contributed by atoms with Crippen molar-refractivity contribution in [2.45, 2.75) is 26.7 Å². The van der Waals surface area contributed by atoms with Gasteiger partial charge in [-0.2, -0.15) is 9.61 Å². The molecule has 0 aliphatic rings. The number of amides is 1. The minimum atomic E-state index is -0.209. The number of nitrogens with zero attached hydrogens (tertiary/aromatic N) is 3. The maximum Gasteiger partial charge on any atom is 0.277 e. The summed E-state index contributed by atoms with van der Waals surface area (Å²) in [6.07, 6.45) is 0.445. The number of benzene rings is 2.